The third-order valence-corrected chi connectivity index (χ3v) is 5.62. The molecule has 0 bridgehead atoms. The predicted octanol–water partition coefficient (Wildman–Crippen LogP) is 3.76. The minimum Gasteiger partial charge on any atom is -0.301 e. The van der Waals surface area contributed by atoms with E-state index in [-0.39, 0.29) is 20.4 Å². The van der Waals surface area contributed by atoms with Crippen molar-refractivity contribution >= 4 is 20.4 Å². The quantitative estimate of drug-likeness (QED) is 0.444. The molecule has 0 fully saturated rings. The third-order valence-electron chi connectivity index (χ3n) is 3.99. The maximum absolute atomic E-state index is 2.63. The molecule has 0 amide bonds. The van der Waals surface area contributed by atoms with E-state index in [1.54, 1.807) is 0 Å². The largest absolute Gasteiger partial charge is 0.368 e. The van der Waals surface area contributed by atoms with Crippen LogP contribution in [0.4, 0.5) is 0 Å². The summed E-state index contributed by atoms with van der Waals surface area (Å²) in [6.45, 7) is 21.2. The number of rotatable bonds is 10. The van der Waals surface area contributed by atoms with Crippen molar-refractivity contribution in [2.75, 3.05) is 13.1 Å². The molecule has 0 aromatic carbocycles. The fourth-order valence-electron chi connectivity index (χ4n) is 2.99. The molecule has 0 saturated heterocycles. The third kappa shape index (κ3) is 8.54. The first-order valence-corrected chi connectivity index (χ1v) is 10.3. The Morgan fingerprint density at radius 3 is 1.05 bits per heavy atom. The zero-order valence-electron chi connectivity index (χ0n) is 14.7. The summed E-state index contributed by atoms with van der Waals surface area (Å²) >= 11 is 0.114. The van der Waals surface area contributed by atoms with E-state index in [2.05, 4.69) is 65.2 Å². The first-order chi connectivity index (χ1) is 8.77. The molecule has 0 saturated carbocycles. The van der Waals surface area contributed by atoms with Gasteiger partial charge in [0, 0.05) is 24.2 Å². The van der Waals surface area contributed by atoms with Crippen molar-refractivity contribution in [3.8, 4) is 0 Å². The molecule has 112 valence electrons. The standard InChI is InChI=1S/2C8H18N.Mg/c2*1-6-9(7(2)3)8(4)5;/h2*7-8H,1,6H2,2-5H3;. The summed E-state index contributed by atoms with van der Waals surface area (Å²) in [5.41, 5.74) is 0. The van der Waals surface area contributed by atoms with E-state index in [0.29, 0.717) is 24.2 Å². The van der Waals surface area contributed by atoms with Crippen LogP contribution in [0.5, 0.6) is 0 Å². The van der Waals surface area contributed by atoms with Crippen molar-refractivity contribution in [3.05, 3.63) is 0 Å². The number of nitrogens with zero attached hydrogens (tertiary/aromatic N) is 2. The lowest BCUT2D eigenvalue weighted by molar-refractivity contribution is 0.182. The zero-order chi connectivity index (χ0) is 15.0. The van der Waals surface area contributed by atoms with Crippen molar-refractivity contribution < 1.29 is 0 Å². The second kappa shape index (κ2) is 10.4. The normalized spacial score (nSPS) is 12.5. The van der Waals surface area contributed by atoms with Crippen LogP contribution < -0.4 is 0 Å². The molecule has 0 aromatic rings. The molecule has 0 aliphatic rings. The Morgan fingerprint density at radius 1 is 0.579 bits per heavy atom. The van der Waals surface area contributed by atoms with Crippen LogP contribution in [0.3, 0.4) is 0 Å². The Morgan fingerprint density at radius 2 is 0.842 bits per heavy atom. The molecular formula is C16H36MgN2. The van der Waals surface area contributed by atoms with Gasteiger partial charge in [0.2, 0.25) is 0 Å². The van der Waals surface area contributed by atoms with Crippen LogP contribution in [0, 0.1) is 0 Å². The summed E-state index contributed by atoms with van der Waals surface area (Å²) in [5, 5.41) is 0. The second-order valence-electron chi connectivity index (χ2n) is 6.91. The molecule has 19 heavy (non-hydrogen) atoms. The van der Waals surface area contributed by atoms with Crippen LogP contribution in [-0.2, 0) is 0 Å². The Hall–Kier alpha value is 0.686. The molecule has 0 rings (SSSR count). The minimum atomic E-state index is 0.114. The number of hydrogen-bond acceptors (Lipinski definition) is 2. The van der Waals surface area contributed by atoms with Gasteiger partial charge in [-0.05, 0) is 68.5 Å². The molecule has 0 unspecified atom stereocenters. The molecule has 0 N–H and O–H groups in total. The average Bonchev–Trinajstić information content (AvgIpc) is 2.25. The van der Waals surface area contributed by atoms with Gasteiger partial charge in [-0.1, -0.05) is 0 Å². The van der Waals surface area contributed by atoms with Gasteiger partial charge in [0.25, 0.3) is 0 Å². The molecular weight excluding hydrogens is 244 g/mol. The van der Waals surface area contributed by atoms with Crippen molar-refractivity contribution in [1.29, 1.82) is 0 Å². The van der Waals surface area contributed by atoms with Gasteiger partial charge in [0.1, 0.15) is 0 Å². The zero-order valence-corrected chi connectivity index (χ0v) is 16.2. The fraction of sp³-hybridized carbons (Fsp3) is 1.00. The van der Waals surface area contributed by atoms with Crippen LogP contribution >= 0.6 is 0 Å². The van der Waals surface area contributed by atoms with Crippen LogP contribution in [0.2, 0.25) is 9.10 Å². The summed E-state index contributed by atoms with van der Waals surface area (Å²) in [6.07, 6.45) is 0. The van der Waals surface area contributed by atoms with Gasteiger partial charge >= 0.3 is 20.4 Å². The SMILES string of the molecule is CC(C)N(C[CH2][Mg][CH2]CN(C(C)C)C(C)C)C(C)C. The van der Waals surface area contributed by atoms with Gasteiger partial charge < -0.3 is 9.80 Å². The molecule has 3 heteroatoms. The van der Waals surface area contributed by atoms with E-state index in [9.17, 15) is 0 Å². The Labute approximate surface area is 132 Å². The lowest BCUT2D eigenvalue weighted by Crippen LogP contribution is -2.39. The highest BCUT2D eigenvalue weighted by Crippen LogP contribution is 2.08. The van der Waals surface area contributed by atoms with Crippen molar-refractivity contribution in [2.45, 2.75) is 88.7 Å². The molecule has 0 atom stereocenters. The first kappa shape index (κ1) is 19.7. The smallest absolute Gasteiger partial charge is 0.301 e. The van der Waals surface area contributed by atoms with E-state index in [0.717, 1.165) is 0 Å². The Bertz CT molecular complexity index is 177. The molecule has 0 aromatic heterocycles. The van der Waals surface area contributed by atoms with Crippen LogP contribution in [0.15, 0.2) is 0 Å². The summed E-state index contributed by atoms with van der Waals surface area (Å²) in [5.74, 6) is 0. The minimum absolute atomic E-state index is 0.114. The average molecular weight is 281 g/mol. The van der Waals surface area contributed by atoms with E-state index in [4.69, 9.17) is 0 Å². The summed E-state index contributed by atoms with van der Waals surface area (Å²) in [4.78, 5) is 5.27. The molecule has 0 heterocycles. The highest BCUT2D eigenvalue weighted by Gasteiger charge is 2.15. The topological polar surface area (TPSA) is 6.48 Å². The summed E-state index contributed by atoms with van der Waals surface area (Å²) in [6, 6.07) is 2.77. The Balaban J connectivity index is 3.85. The first-order valence-electron chi connectivity index (χ1n) is 8.28. The van der Waals surface area contributed by atoms with Crippen LogP contribution in [-0.4, -0.2) is 67.4 Å². The van der Waals surface area contributed by atoms with Gasteiger partial charge in [-0.3, -0.25) is 0 Å². The van der Waals surface area contributed by atoms with Crippen molar-refractivity contribution in [1.82, 2.24) is 9.80 Å². The van der Waals surface area contributed by atoms with E-state index in [1.807, 2.05) is 0 Å². The van der Waals surface area contributed by atoms with E-state index in [1.165, 1.54) is 22.2 Å². The molecule has 2 nitrogen and oxygen atoms in total. The molecule has 0 spiro atoms. The lowest BCUT2D eigenvalue weighted by atomic mass is 10.2. The highest BCUT2D eigenvalue weighted by atomic mass is 24.5. The summed E-state index contributed by atoms with van der Waals surface area (Å²) in [7, 11) is 0. The molecule has 0 aliphatic carbocycles. The van der Waals surface area contributed by atoms with E-state index < -0.39 is 0 Å². The van der Waals surface area contributed by atoms with Gasteiger partial charge in [0.05, 0.1) is 0 Å². The monoisotopic (exact) mass is 280 g/mol. The van der Waals surface area contributed by atoms with Gasteiger partial charge in [-0.25, -0.2) is 0 Å². The molecule has 0 aliphatic heterocycles. The summed E-state index contributed by atoms with van der Waals surface area (Å²) < 4.78 is 2.95. The van der Waals surface area contributed by atoms with Crippen LogP contribution in [0.1, 0.15) is 55.4 Å². The molecule has 0 radical (unpaired) electrons. The van der Waals surface area contributed by atoms with Crippen LogP contribution in [0.25, 0.3) is 0 Å². The maximum atomic E-state index is 2.63. The predicted molar refractivity (Wildman–Crippen MR) is 89.3 cm³/mol. The fourth-order valence-corrected chi connectivity index (χ4v) is 4.52. The number of hydrogen-bond donors (Lipinski definition) is 0. The Kier molecular flexibility index (Phi) is 10.8. The van der Waals surface area contributed by atoms with Crippen molar-refractivity contribution in [3.63, 3.8) is 0 Å². The highest BCUT2D eigenvalue weighted by molar-refractivity contribution is 6.35. The second-order valence-corrected chi connectivity index (χ2v) is 9.03. The maximum Gasteiger partial charge on any atom is 0.368 e. The van der Waals surface area contributed by atoms with Crippen molar-refractivity contribution in [2.24, 2.45) is 0 Å². The van der Waals surface area contributed by atoms with Gasteiger partial charge in [-0.15, -0.1) is 9.10 Å². The van der Waals surface area contributed by atoms with Gasteiger partial charge in [-0.2, -0.15) is 0 Å². The van der Waals surface area contributed by atoms with E-state index >= 15 is 0 Å². The lowest BCUT2D eigenvalue weighted by Gasteiger charge is -2.32. The van der Waals surface area contributed by atoms with Gasteiger partial charge in [0.15, 0.2) is 0 Å².